The molecule has 0 spiro atoms. The Hall–Kier alpha value is -4.72. The van der Waals surface area contributed by atoms with Crippen molar-refractivity contribution in [3.63, 3.8) is 0 Å². The Bertz CT molecular complexity index is 1620. The number of nitriles is 1. The number of likely N-dealkylation sites (N-methyl/N-ethyl adjacent to an activating group) is 1. The molecule has 0 bridgehead atoms. The average Bonchev–Trinajstić information content (AvgIpc) is 3.45. The molecule has 2 aromatic carbocycles. The van der Waals surface area contributed by atoms with Gasteiger partial charge >= 0.3 is 6.29 Å². The molecule has 4 aromatic rings. The quantitative estimate of drug-likeness (QED) is 0.410. The summed E-state index contributed by atoms with van der Waals surface area (Å²) in [6, 6.07) is 12.8. The van der Waals surface area contributed by atoms with Crippen LogP contribution in [0.1, 0.15) is 18.1 Å². The van der Waals surface area contributed by atoms with Crippen LogP contribution < -0.4 is 19.9 Å². The van der Waals surface area contributed by atoms with E-state index in [2.05, 4.69) is 20.6 Å². The van der Waals surface area contributed by atoms with Crippen LogP contribution in [0.15, 0.2) is 57.9 Å². The van der Waals surface area contributed by atoms with Gasteiger partial charge in [0, 0.05) is 18.2 Å². The Balaban J connectivity index is 1.53. The molecule has 1 aliphatic heterocycles. The first kappa shape index (κ1) is 23.0. The minimum Gasteiger partial charge on any atom is -0.462 e. The van der Waals surface area contributed by atoms with Gasteiger partial charge in [-0.05, 0) is 43.7 Å². The van der Waals surface area contributed by atoms with Gasteiger partial charge in [0.2, 0.25) is 5.91 Å². The van der Waals surface area contributed by atoms with Crippen molar-refractivity contribution in [2.75, 3.05) is 11.4 Å². The fourth-order valence-electron chi connectivity index (χ4n) is 4.12. The fourth-order valence-corrected chi connectivity index (χ4v) is 4.12. The number of carbonyl (C=O) groups is 1. The number of furan rings is 1. The highest BCUT2D eigenvalue weighted by molar-refractivity contribution is 5.95. The van der Waals surface area contributed by atoms with Crippen molar-refractivity contribution in [3.8, 4) is 28.8 Å². The van der Waals surface area contributed by atoms with Gasteiger partial charge in [-0.1, -0.05) is 12.1 Å². The van der Waals surface area contributed by atoms with Crippen LogP contribution in [-0.4, -0.2) is 28.5 Å². The molecule has 2 aromatic heterocycles. The lowest BCUT2D eigenvalue weighted by Crippen LogP contribution is -2.38. The van der Waals surface area contributed by atoms with E-state index < -0.39 is 24.3 Å². The van der Waals surface area contributed by atoms with Crippen molar-refractivity contribution in [3.05, 3.63) is 70.2 Å². The zero-order chi connectivity index (χ0) is 25.6. The molecule has 11 heteroatoms. The first-order valence-electron chi connectivity index (χ1n) is 10.9. The Morgan fingerprint density at radius 2 is 1.94 bits per heavy atom. The highest BCUT2D eigenvalue weighted by Crippen LogP contribution is 2.44. The van der Waals surface area contributed by atoms with E-state index in [1.54, 1.807) is 38.1 Å². The molecule has 0 saturated carbocycles. The monoisotopic (exact) mass is 492 g/mol. The van der Waals surface area contributed by atoms with Crippen LogP contribution in [0.3, 0.4) is 0 Å². The lowest BCUT2D eigenvalue weighted by atomic mass is 10.1. The average molecular weight is 492 g/mol. The van der Waals surface area contributed by atoms with E-state index in [1.165, 1.54) is 29.4 Å². The number of rotatable bonds is 5. The maximum absolute atomic E-state index is 13.5. The molecule has 182 valence electrons. The number of nitrogens with zero attached hydrogens (tertiary/aromatic N) is 4. The van der Waals surface area contributed by atoms with E-state index in [4.69, 9.17) is 4.42 Å². The molecule has 0 saturated heterocycles. The van der Waals surface area contributed by atoms with Crippen LogP contribution >= 0.6 is 0 Å². The summed E-state index contributed by atoms with van der Waals surface area (Å²) in [5.74, 6) is -0.820. The predicted molar refractivity (Wildman–Crippen MR) is 124 cm³/mol. The van der Waals surface area contributed by atoms with Gasteiger partial charge in [-0.2, -0.15) is 10.4 Å². The number of hydrogen-bond donors (Lipinski definition) is 0. The number of carbonyl (C=O) groups excluding carboxylic acids is 1. The van der Waals surface area contributed by atoms with E-state index in [1.807, 2.05) is 0 Å². The topological polar surface area (TPSA) is 111 Å². The third-order valence-electron chi connectivity index (χ3n) is 5.74. The number of halogens is 2. The van der Waals surface area contributed by atoms with E-state index in [0.29, 0.717) is 28.1 Å². The fraction of sp³-hybridized carbons (Fsp3) is 0.200. The third-order valence-corrected chi connectivity index (χ3v) is 5.74. The summed E-state index contributed by atoms with van der Waals surface area (Å²) in [6.45, 7) is 3.12. The summed E-state index contributed by atoms with van der Waals surface area (Å²) < 4.78 is 42.5. The highest BCUT2D eigenvalue weighted by Gasteiger charge is 2.44. The van der Waals surface area contributed by atoms with Gasteiger partial charge in [-0.25, -0.2) is 4.68 Å². The number of amides is 1. The Morgan fingerprint density at radius 3 is 2.67 bits per heavy atom. The van der Waals surface area contributed by atoms with Crippen LogP contribution in [-0.2, 0) is 11.3 Å². The molecule has 0 N–H and O–H groups in total. The van der Waals surface area contributed by atoms with Gasteiger partial charge in [-0.3, -0.25) is 9.59 Å². The molecule has 36 heavy (non-hydrogen) atoms. The van der Waals surface area contributed by atoms with Gasteiger partial charge in [-0.15, -0.1) is 8.78 Å². The second-order valence-corrected chi connectivity index (χ2v) is 8.06. The number of ether oxygens (including phenoxy) is 2. The molecule has 0 fully saturated rings. The highest BCUT2D eigenvalue weighted by atomic mass is 19.3. The second kappa shape index (κ2) is 8.49. The van der Waals surface area contributed by atoms with E-state index in [0.717, 1.165) is 4.68 Å². The van der Waals surface area contributed by atoms with Gasteiger partial charge in [0.25, 0.3) is 5.56 Å². The predicted octanol–water partition coefficient (Wildman–Crippen LogP) is 4.21. The summed E-state index contributed by atoms with van der Waals surface area (Å²) in [5, 5.41) is 13.8. The zero-order valence-corrected chi connectivity index (χ0v) is 19.1. The second-order valence-electron chi connectivity index (χ2n) is 8.06. The third kappa shape index (κ3) is 3.92. The first-order valence-corrected chi connectivity index (χ1v) is 10.9. The smallest absolute Gasteiger partial charge is 0.462 e. The molecular formula is C25H18F2N4O5. The zero-order valence-electron chi connectivity index (χ0n) is 19.1. The maximum atomic E-state index is 13.5. The Morgan fingerprint density at radius 1 is 1.19 bits per heavy atom. The largest absolute Gasteiger partial charge is 0.586 e. The van der Waals surface area contributed by atoms with Crippen LogP contribution in [0.2, 0.25) is 0 Å². The Labute approximate surface area is 202 Å². The minimum absolute atomic E-state index is 0.128. The number of anilines is 1. The molecule has 0 aliphatic carbocycles. The van der Waals surface area contributed by atoms with Crippen LogP contribution in [0.4, 0.5) is 14.5 Å². The number of hydrogen-bond acceptors (Lipinski definition) is 7. The van der Waals surface area contributed by atoms with Crippen molar-refractivity contribution in [2.45, 2.75) is 26.7 Å². The van der Waals surface area contributed by atoms with E-state index in [-0.39, 0.29) is 29.0 Å². The van der Waals surface area contributed by atoms with Gasteiger partial charge in [0.1, 0.15) is 12.2 Å². The lowest BCUT2D eigenvalue weighted by Gasteiger charge is -2.23. The van der Waals surface area contributed by atoms with Crippen molar-refractivity contribution >= 4 is 22.6 Å². The molecule has 0 radical (unpaired) electrons. The molecule has 5 rings (SSSR count). The molecule has 1 aliphatic rings. The molecular weight excluding hydrogens is 474 g/mol. The number of alkyl halides is 2. The maximum Gasteiger partial charge on any atom is 0.586 e. The van der Waals surface area contributed by atoms with Crippen LogP contribution in [0.5, 0.6) is 11.5 Å². The molecule has 0 atom stereocenters. The normalized spacial score (nSPS) is 13.5. The summed E-state index contributed by atoms with van der Waals surface area (Å²) in [5.41, 5.74) is 1.76. The number of aryl methyl sites for hydroxylation is 1. The summed E-state index contributed by atoms with van der Waals surface area (Å²) in [6.07, 6.45) is -2.44. The van der Waals surface area contributed by atoms with E-state index in [9.17, 15) is 23.6 Å². The SMILES string of the molecule is CCN(C(=O)Cn1nc(-c2cccc(C#N)c2)c2occc2c1=O)c1cc2c(cc1C)OC(F)(F)O2. The number of aromatic nitrogens is 2. The van der Waals surface area contributed by atoms with Crippen molar-refractivity contribution in [1.29, 1.82) is 5.26 Å². The number of fused-ring (bicyclic) bond motifs is 2. The lowest BCUT2D eigenvalue weighted by molar-refractivity contribution is -0.286. The Kier molecular flexibility index (Phi) is 5.44. The van der Waals surface area contributed by atoms with Gasteiger partial charge in [0.15, 0.2) is 17.1 Å². The van der Waals surface area contributed by atoms with Gasteiger partial charge < -0.3 is 18.8 Å². The van der Waals surface area contributed by atoms with Crippen LogP contribution in [0.25, 0.3) is 22.2 Å². The van der Waals surface area contributed by atoms with Crippen LogP contribution in [0, 0.1) is 18.3 Å². The van der Waals surface area contributed by atoms with Crippen molar-refractivity contribution in [1.82, 2.24) is 9.78 Å². The van der Waals surface area contributed by atoms with Gasteiger partial charge in [0.05, 0.1) is 29.0 Å². The van der Waals surface area contributed by atoms with E-state index >= 15 is 0 Å². The molecule has 0 unspecified atom stereocenters. The van der Waals surface area contributed by atoms with Crippen molar-refractivity contribution in [2.24, 2.45) is 0 Å². The first-order chi connectivity index (χ1) is 17.2. The summed E-state index contributed by atoms with van der Waals surface area (Å²) in [7, 11) is 0. The minimum atomic E-state index is -3.79. The molecule has 9 nitrogen and oxygen atoms in total. The standard InChI is InChI=1S/C25H18F2N4O5/c1-3-30(18-11-20-19(9-14(18)2)35-25(26,27)36-20)21(32)13-31-24(33)17-7-8-34-23(17)22(29-31)16-6-4-5-15(10-16)12-28/h4-11H,3,13H2,1-2H3. The molecule has 1 amide bonds. The number of benzene rings is 2. The molecule has 3 heterocycles. The summed E-state index contributed by atoms with van der Waals surface area (Å²) in [4.78, 5) is 27.8. The van der Waals surface area contributed by atoms with Crippen molar-refractivity contribution < 1.29 is 27.5 Å². The summed E-state index contributed by atoms with van der Waals surface area (Å²) >= 11 is 0.